The zero-order valence-corrected chi connectivity index (χ0v) is 9.94. The standard InChI is InChI=1S/C11H18N2S/c1-4-9-5-6-12-13-10(7-9)11(2,3)8-14/h5-7,13-14H,4,8H2,1-3H3. The molecule has 78 valence electrons. The lowest BCUT2D eigenvalue weighted by Gasteiger charge is -2.25. The first-order valence-electron chi connectivity index (χ1n) is 4.91. The Kier molecular flexibility index (Phi) is 3.81. The fraction of sp³-hybridized carbons (Fsp3) is 0.545. The molecule has 0 aromatic rings. The quantitative estimate of drug-likeness (QED) is 0.688. The van der Waals surface area contributed by atoms with Crippen LogP contribution in [0.3, 0.4) is 0 Å². The lowest BCUT2D eigenvalue weighted by molar-refractivity contribution is 0.476. The lowest BCUT2D eigenvalue weighted by Crippen LogP contribution is -2.25. The molecule has 1 aliphatic rings. The Labute approximate surface area is 91.6 Å². The van der Waals surface area contributed by atoms with E-state index in [2.05, 4.69) is 50.0 Å². The zero-order chi connectivity index (χ0) is 10.6. The molecule has 1 N–H and O–H groups in total. The van der Waals surface area contributed by atoms with Crippen LogP contribution in [0, 0.1) is 5.41 Å². The maximum absolute atomic E-state index is 4.35. The number of rotatable bonds is 3. The molecule has 0 fully saturated rings. The maximum atomic E-state index is 4.35. The minimum Gasteiger partial charge on any atom is -0.282 e. The Morgan fingerprint density at radius 1 is 1.50 bits per heavy atom. The summed E-state index contributed by atoms with van der Waals surface area (Å²) in [6.07, 6.45) is 7.04. The highest BCUT2D eigenvalue weighted by Gasteiger charge is 2.22. The number of allylic oxidation sites excluding steroid dienone is 4. The van der Waals surface area contributed by atoms with E-state index in [0.717, 1.165) is 17.9 Å². The number of hydrogen-bond donors (Lipinski definition) is 2. The van der Waals surface area contributed by atoms with Gasteiger partial charge in [-0.05, 0) is 24.1 Å². The normalized spacial score (nSPS) is 16.9. The van der Waals surface area contributed by atoms with E-state index in [1.165, 1.54) is 5.57 Å². The number of thiol groups is 1. The molecule has 1 heterocycles. The second kappa shape index (κ2) is 4.69. The first-order valence-corrected chi connectivity index (χ1v) is 5.54. The van der Waals surface area contributed by atoms with Crippen LogP contribution in [0.1, 0.15) is 27.2 Å². The summed E-state index contributed by atoms with van der Waals surface area (Å²) in [7, 11) is 0. The van der Waals surface area contributed by atoms with E-state index >= 15 is 0 Å². The topological polar surface area (TPSA) is 24.4 Å². The fourth-order valence-electron chi connectivity index (χ4n) is 1.16. The van der Waals surface area contributed by atoms with Crippen LogP contribution in [0.5, 0.6) is 0 Å². The van der Waals surface area contributed by atoms with Gasteiger partial charge in [0.25, 0.3) is 0 Å². The smallest absolute Gasteiger partial charge is 0.0474 e. The predicted octanol–water partition coefficient (Wildman–Crippen LogP) is 2.75. The van der Waals surface area contributed by atoms with E-state index in [-0.39, 0.29) is 5.41 Å². The maximum Gasteiger partial charge on any atom is 0.0474 e. The van der Waals surface area contributed by atoms with Gasteiger partial charge in [0.05, 0.1) is 0 Å². The van der Waals surface area contributed by atoms with Crippen LogP contribution < -0.4 is 5.43 Å². The summed E-state index contributed by atoms with van der Waals surface area (Å²) in [5.41, 5.74) is 5.54. The Morgan fingerprint density at radius 2 is 2.21 bits per heavy atom. The Balaban J connectivity index is 2.94. The van der Waals surface area contributed by atoms with Gasteiger partial charge < -0.3 is 0 Å². The van der Waals surface area contributed by atoms with Crippen LogP contribution in [0.15, 0.2) is 28.5 Å². The third kappa shape index (κ3) is 2.64. The van der Waals surface area contributed by atoms with Gasteiger partial charge in [-0.15, -0.1) is 0 Å². The Morgan fingerprint density at radius 3 is 2.79 bits per heavy atom. The molecule has 0 atom stereocenters. The van der Waals surface area contributed by atoms with E-state index in [1.54, 1.807) is 6.21 Å². The summed E-state index contributed by atoms with van der Waals surface area (Å²) in [6.45, 7) is 6.46. The molecular formula is C11H18N2S. The van der Waals surface area contributed by atoms with Gasteiger partial charge in [-0.2, -0.15) is 17.7 Å². The van der Waals surface area contributed by atoms with Crippen LogP contribution in [0.2, 0.25) is 0 Å². The van der Waals surface area contributed by atoms with Crippen molar-refractivity contribution in [2.24, 2.45) is 10.5 Å². The number of hydrogen-bond acceptors (Lipinski definition) is 3. The molecular weight excluding hydrogens is 192 g/mol. The van der Waals surface area contributed by atoms with Crippen molar-refractivity contribution in [3.05, 3.63) is 23.4 Å². The molecule has 0 bridgehead atoms. The van der Waals surface area contributed by atoms with Gasteiger partial charge in [0.15, 0.2) is 0 Å². The molecule has 0 radical (unpaired) electrons. The molecule has 0 aromatic carbocycles. The summed E-state index contributed by atoms with van der Waals surface area (Å²) in [6, 6.07) is 0. The summed E-state index contributed by atoms with van der Waals surface area (Å²) in [4.78, 5) is 0. The van der Waals surface area contributed by atoms with Gasteiger partial charge in [0.2, 0.25) is 0 Å². The van der Waals surface area contributed by atoms with Crippen LogP contribution >= 0.6 is 12.6 Å². The van der Waals surface area contributed by atoms with E-state index in [4.69, 9.17) is 0 Å². The summed E-state index contributed by atoms with van der Waals surface area (Å²) in [5.74, 6) is 0.804. The monoisotopic (exact) mass is 210 g/mol. The molecule has 0 saturated heterocycles. The molecule has 2 nitrogen and oxygen atoms in total. The fourth-order valence-corrected chi connectivity index (χ4v) is 1.33. The Hall–Kier alpha value is -0.700. The molecule has 14 heavy (non-hydrogen) atoms. The van der Waals surface area contributed by atoms with Crippen LogP contribution in [-0.4, -0.2) is 12.0 Å². The highest BCUT2D eigenvalue weighted by atomic mass is 32.1. The third-order valence-electron chi connectivity index (χ3n) is 2.41. The third-order valence-corrected chi connectivity index (χ3v) is 3.20. The Bertz CT molecular complexity index is 288. The van der Waals surface area contributed by atoms with E-state index < -0.39 is 0 Å². The van der Waals surface area contributed by atoms with Crippen LogP contribution in [0.25, 0.3) is 0 Å². The van der Waals surface area contributed by atoms with E-state index in [0.29, 0.717) is 0 Å². The van der Waals surface area contributed by atoms with Crippen LogP contribution in [-0.2, 0) is 0 Å². The largest absolute Gasteiger partial charge is 0.282 e. The zero-order valence-electron chi connectivity index (χ0n) is 9.04. The highest BCUT2D eigenvalue weighted by Crippen LogP contribution is 2.27. The van der Waals surface area contributed by atoms with Crippen molar-refractivity contribution in [3.8, 4) is 0 Å². The predicted molar refractivity (Wildman–Crippen MR) is 65.7 cm³/mol. The second-order valence-corrected chi connectivity index (χ2v) is 4.40. The van der Waals surface area contributed by atoms with Gasteiger partial charge in [-0.25, -0.2) is 0 Å². The number of hydrazone groups is 1. The van der Waals surface area contributed by atoms with Gasteiger partial charge >= 0.3 is 0 Å². The van der Waals surface area contributed by atoms with Gasteiger partial charge in [0.1, 0.15) is 0 Å². The minimum absolute atomic E-state index is 0.0407. The summed E-state index contributed by atoms with van der Waals surface area (Å²) in [5, 5.41) is 4.11. The molecule has 1 rings (SSSR count). The number of nitrogens with one attached hydrogen (secondary N) is 1. The lowest BCUT2D eigenvalue weighted by atomic mass is 9.90. The van der Waals surface area contributed by atoms with Crippen LogP contribution in [0.4, 0.5) is 0 Å². The SMILES string of the molecule is CCC1=CC=NNC(C(C)(C)CS)=C1. The van der Waals surface area contributed by atoms with Crippen molar-refractivity contribution in [2.75, 3.05) is 5.75 Å². The summed E-state index contributed by atoms with van der Waals surface area (Å²) >= 11 is 4.35. The van der Waals surface area contributed by atoms with Gasteiger partial charge in [0, 0.05) is 23.1 Å². The molecule has 0 spiro atoms. The van der Waals surface area contributed by atoms with Crippen molar-refractivity contribution in [1.29, 1.82) is 0 Å². The molecule has 0 amide bonds. The van der Waals surface area contributed by atoms with Crippen molar-refractivity contribution in [3.63, 3.8) is 0 Å². The molecule has 1 aliphatic heterocycles. The van der Waals surface area contributed by atoms with E-state index in [1.807, 2.05) is 6.08 Å². The van der Waals surface area contributed by atoms with Crippen molar-refractivity contribution < 1.29 is 0 Å². The van der Waals surface area contributed by atoms with Gasteiger partial charge in [-0.3, -0.25) is 5.43 Å². The number of nitrogens with zero attached hydrogens (tertiary/aromatic N) is 1. The summed E-state index contributed by atoms with van der Waals surface area (Å²) < 4.78 is 0. The molecule has 3 heteroatoms. The average Bonchev–Trinajstić information content (AvgIpc) is 2.43. The average molecular weight is 210 g/mol. The van der Waals surface area contributed by atoms with Gasteiger partial charge in [-0.1, -0.05) is 20.8 Å². The van der Waals surface area contributed by atoms with Crippen molar-refractivity contribution >= 4 is 18.8 Å². The molecule has 0 saturated carbocycles. The van der Waals surface area contributed by atoms with Crippen molar-refractivity contribution in [1.82, 2.24) is 5.43 Å². The molecule has 0 aliphatic carbocycles. The first kappa shape index (κ1) is 11.4. The minimum atomic E-state index is 0.0407. The molecule has 0 aromatic heterocycles. The highest BCUT2D eigenvalue weighted by molar-refractivity contribution is 7.80. The second-order valence-electron chi connectivity index (χ2n) is 4.09. The first-order chi connectivity index (χ1) is 6.60. The molecule has 0 unspecified atom stereocenters. The van der Waals surface area contributed by atoms with Crippen molar-refractivity contribution in [2.45, 2.75) is 27.2 Å². The van der Waals surface area contributed by atoms with E-state index in [9.17, 15) is 0 Å².